The molecule has 1 aliphatic heterocycles. The second-order valence-corrected chi connectivity index (χ2v) is 5.13. The van der Waals surface area contributed by atoms with Gasteiger partial charge in [0.25, 0.3) is 0 Å². The largest absolute Gasteiger partial charge is 0.467 e. The standard InChI is InChI=1S/C12H19N3O4/c1-12(2,3)19-11(17)15-6-8(14)7(5-13)9(15)10(16)18-4/h5,9,14H,6,13H2,1-4H3/b7-5+,14-8?. The first-order valence-electron chi connectivity index (χ1n) is 5.78. The van der Waals surface area contributed by atoms with Gasteiger partial charge in [-0.15, -0.1) is 0 Å². The van der Waals surface area contributed by atoms with Gasteiger partial charge in [-0.2, -0.15) is 0 Å². The lowest BCUT2D eigenvalue weighted by Crippen LogP contribution is -2.44. The molecule has 0 aromatic carbocycles. The first kappa shape index (κ1) is 15.0. The molecule has 1 rings (SSSR count). The number of hydrogen-bond acceptors (Lipinski definition) is 6. The molecule has 1 unspecified atom stereocenters. The zero-order chi connectivity index (χ0) is 14.8. The Hall–Kier alpha value is -2.05. The van der Waals surface area contributed by atoms with Gasteiger partial charge in [0.05, 0.1) is 19.4 Å². The maximum absolute atomic E-state index is 12.0. The fraction of sp³-hybridized carbons (Fsp3) is 0.583. The second-order valence-electron chi connectivity index (χ2n) is 5.13. The highest BCUT2D eigenvalue weighted by Gasteiger charge is 2.43. The molecular formula is C12H19N3O4. The molecule has 1 aliphatic rings. The zero-order valence-electron chi connectivity index (χ0n) is 11.5. The molecule has 19 heavy (non-hydrogen) atoms. The molecule has 3 N–H and O–H groups in total. The Morgan fingerprint density at radius 1 is 1.47 bits per heavy atom. The summed E-state index contributed by atoms with van der Waals surface area (Å²) in [7, 11) is 1.21. The van der Waals surface area contributed by atoms with E-state index in [4.69, 9.17) is 15.9 Å². The Morgan fingerprint density at radius 2 is 2.05 bits per heavy atom. The smallest absolute Gasteiger partial charge is 0.411 e. The van der Waals surface area contributed by atoms with Gasteiger partial charge in [-0.25, -0.2) is 9.59 Å². The number of carbonyl (C=O) groups is 2. The SMILES string of the molecule is COC(=O)C1/C(=C/N)C(=N)CN1C(=O)OC(C)(C)C. The lowest BCUT2D eigenvalue weighted by Gasteiger charge is -2.27. The minimum Gasteiger partial charge on any atom is -0.467 e. The number of likely N-dealkylation sites (tertiary alicyclic amines) is 1. The number of rotatable bonds is 1. The van der Waals surface area contributed by atoms with Crippen LogP contribution >= 0.6 is 0 Å². The molecule has 7 heteroatoms. The third kappa shape index (κ3) is 3.24. The Labute approximate surface area is 111 Å². The molecular weight excluding hydrogens is 250 g/mol. The van der Waals surface area contributed by atoms with E-state index in [0.717, 1.165) is 11.1 Å². The van der Waals surface area contributed by atoms with Gasteiger partial charge in [-0.05, 0) is 20.8 Å². The number of carbonyl (C=O) groups excluding carboxylic acids is 2. The molecule has 0 spiro atoms. The van der Waals surface area contributed by atoms with Gasteiger partial charge >= 0.3 is 12.1 Å². The van der Waals surface area contributed by atoms with Crippen LogP contribution < -0.4 is 5.73 Å². The third-order valence-corrected chi connectivity index (χ3v) is 2.52. The Balaban J connectivity index is 3.02. The summed E-state index contributed by atoms with van der Waals surface area (Å²) in [6, 6.07) is -1.02. The highest BCUT2D eigenvalue weighted by atomic mass is 16.6. The van der Waals surface area contributed by atoms with Crippen molar-refractivity contribution in [2.24, 2.45) is 5.73 Å². The first-order chi connectivity index (χ1) is 8.71. The predicted octanol–water partition coefficient (Wildman–Crippen LogP) is 0.641. The third-order valence-electron chi connectivity index (χ3n) is 2.52. The Bertz CT molecular complexity index is 437. The summed E-state index contributed by atoms with van der Waals surface area (Å²) in [6.07, 6.45) is 0.471. The van der Waals surface area contributed by atoms with E-state index >= 15 is 0 Å². The van der Waals surface area contributed by atoms with E-state index in [1.165, 1.54) is 7.11 Å². The highest BCUT2D eigenvalue weighted by Crippen LogP contribution is 2.24. The topological polar surface area (TPSA) is 106 Å². The van der Waals surface area contributed by atoms with Crippen molar-refractivity contribution < 1.29 is 19.1 Å². The molecule has 1 atom stereocenters. The monoisotopic (exact) mass is 269 g/mol. The summed E-state index contributed by atoms with van der Waals surface area (Å²) >= 11 is 0. The van der Waals surface area contributed by atoms with Crippen molar-refractivity contribution in [3.8, 4) is 0 Å². The van der Waals surface area contributed by atoms with Crippen LogP contribution in [0.3, 0.4) is 0 Å². The van der Waals surface area contributed by atoms with Crippen molar-refractivity contribution >= 4 is 17.8 Å². The molecule has 0 aromatic heterocycles. The van der Waals surface area contributed by atoms with Crippen LogP contribution in [0.1, 0.15) is 20.8 Å². The minimum absolute atomic E-state index is 0.0300. The molecule has 1 fully saturated rings. The van der Waals surface area contributed by atoms with E-state index in [2.05, 4.69) is 4.74 Å². The molecule has 0 aromatic rings. The first-order valence-corrected chi connectivity index (χ1v) is 5.78. The van der Waals surface area contributed by atoms with Crippen molar-refractivity contribution in [2.75, 3.05) is 13.7 Å². The molecule has 1 heterocycles. The van der Waals surface area contributed by atoms with E-state index in [9.17, 15) is 9.59 Å². The zero-order valence-corrected chi connectivity index (χ0v) is 11.5. The second kappa shape index (κ2) is 5.29. The van der Waals surface area contributed by atoms with Crippen LogP contribution in [-0.2, 0) is 14.3 Å². The van der Waals surface area contributed by atoms with Crippen molar-refractivity contribution in [3.63, 3.8) is 0 Å². The number of nitrogens with one attached hydrogen (secondary N) is 1. The minimum atomic E-state index is -1.02. The molecule has 0 saturated carbocycles. The van der Waals surface area contributed by atoms with Gasteiger partial charge in [0.15, 0.2) is 6.04 Å². The fourth-order valence-corrected chi connectivity index (χ4v) is 1.73. The molecule has 106 valence electrons. The van der Waals surface area contributed by atoms with Crippen LogP contribution in [-0.4, -0.2) is 48.0 Å². The average Bonchev–Trinajstić information content (AvgIpc) is 2.63. The van der Waals surface area contributed by atoms with Crippen LogP contribution in [0.15, 0.2) is 11.8 Å². The normalized spacial score (nSPS) is 21.7. The molecule has 1 saturated heterocycles. The van der Waals surface area contributed by atoms with Gasteiger partial charge in [0.2, 0.25) is 0 Å². The number of ether oxygens (including phenoxy) is 2. The van der Waals surface area contributed by atoms with Crippen molar-refractivity contribution in [1.82, 2.24) is 4.90 Å². The summed E-state index contributed by atoms with van der Waals surface area (Å²) in [4.78, 5) is 24.9. The van der Waals surface area contributed by atoms with Gasteiger partial charge in [0, 0.05) is 11.8 Å². The van der Waals surface area contributed by atoms with E-state index < -0.39 is 23.7 Å². The van der Waals surface area contributed by atoms with Gasteiger partial charge in [-0.3, -0.25) is 4.90 Å². The van der Waals surface area contributed by atoms with Gasteiger partial charge in [-0.1, -0.05) is 0 Å². The molecule has 7 nitrogen and oxygen atoms in total. The van der Waals surface area contributed by atoms with E-state index in [-0.39, 0.29) is 17.8 Å². The number of nitrogens with zero attached hydrogens (tertiary/aromatic N) is 1. The van der Waals surface area contributed by atoms with Gasteiger partial charge < -0.3 is 20.6 Å². The summed E-state index contributed by atoms with van der Waals surface area (Å²) in [5.74, 6) is -0.648. The fourth-order valence-electron chi connectivity index (χ4n) is 1.73. The summed E-state index contributed by atoms with van der Waals surface area (Å²) in [5, 5.41) is 7.75. The number of amides is 1. The summed E-state index contributed by atoms with van der Waals surface area (Å²) in [5.41, 5.74) is 5.08. The number of hydrogen-bond donors (Lipinski definition) is 2. The Kier molecular flexibility index (Phi) is 4.18. The summed E-state index contributed by atoms with van der Waals surface area (Å²) < 4.78 is 9.85. The maximum atomic E-state index is 12.0. The molecule has 0 radical (unpaired) electrons. The lowest BCUT2D eigenvalue weighted by atomic mass is 10.1. The average molecular weight is 269 g/mol. The van der Waals surface area contributed by atoms with Crippen molar-refractivity contribution in [2.45, 2.75) is 32.4 Å². The predicted molar refractivity (Wildman–Crippen MR) is 68.7 cm³/mol. The van der Waals surface area contributed by atoms with Crippen molar-refractivity contribution in [1.29, 1.82) is 5.41 Å². The highest BCUT2D eigenvalue weighted by molar-refractivity contribution is 6.10. The van der Waals surface area contributed by atoms with Crippen LogP contribution in [0.5, 0.6) is 0 Å². The maximum Gasteiger partial charge on any atom is 0.411 e. The number of nitrogens with two attached hydrogens (primary N) is 1. The number of methoxy groups -OCH3 is 1. The van der Waals surface area contributed by atoms with E-state index in [1.54, 1.807) is 20.8 Å². The van der Waals surface area contributed by atoms with Crippen molar-refractivity contribution in [3.05, 3.63) is 11.8 Å². The van der Waals surface area contributed by atoms with Gasteiger partial charge in [0.1, 0.15) is 5.60 Å². The van der Waals surface area contributed by atoms with Crippen LogP contribution in [0.2, 0.25) is 0 Å². The number of esters is 1. The lowest BCUT2D eigenvalue weighted by molar-refractivity contribution is -0.144. The van der Waals surface area contributed by atoms with Crippen LogP contribution in [0, 0.1) is 5.41 Å². The molecule has 0 aliphatic carbocycles. The quantitative estimate of drug-likeness (QED) is 0.679. The molecule has 0 bridgehead atoms. The van der Waals surface area contributed by atoms with Crippen LogP contribution in [0.4, 0.5) is 4.79 Å². The van der Waals surface area contributed by atoms with E-state index in [1.807, 2.05) is 0 Å². The molecule has 1 amide bonds. The van der Waals surface area contributed by atoms with Crippen LogP contribution in [0.25, 0.3) is 0 Å². The summed E-state index contributed by atoms with van der Waals surface area (Å²) in [6.45, 7) is 5.13. The Morgan fingerprint density at radius 3 is 2.47 bits per heavy atom. The van der Waals surface area contributed by atoms with E-state index in [0.29, 0.717) is 0 Å².